The molecule has 1 unspecified atom stereocenters. The summed E-state index contributed by atoms with van der Waals surface area (Å²) in [5, 5.41) is 4.15. The molecule has 7 heteroatoms. The van der Waals surface area contributed by atoms with Gasteiger partial charge in [-0.25, -0.2) is 4.79 Å². The standard InChI is InChI=1S/C28H31N3O4/c1-7-35-27(34)22-17(3)21-23(29-22)19-10-8-9-11-20(19)31(26(21)33)24(25(32)30-28(4,5)6)18-14-12-16(2)13-15-18/h8-15,24,29H,7H2,1-6H3,(H,30,32). The van der Waals surface area contributed by atoms with Crippen LogP contribution in [-0.2, 0) is 9.53 Å². The zero-order valence-corrected chi connectivity index (χ0v) is 21.0. The summed E-state index contributed by atoms with van der Waals surface area (Å²) in [5.74, 6) is -0.802. The highest BCUT2D eigenvalue weighted by Crippen LogP contribution is 2.30. The van der Waals surface area contributed by atoms with Gasteiger partial charge in [-0.05, 0) is 58.7 Å². The lowest BCUT2D eigenvalue weighted by Gasteiger charge is -2.27. The van der Waals surface area contributed by atoms with Crippen LogP contribution < -0.4 is 10.9 Å². The van der Waals surface area contributed by atoms with E-state index >= 15 is 0 Å². The van der Waals surface area contributed by atoms with Gasteiger partial charge < -0.3 is 15.0 Å². The van der Waals surface area contributed by atoms with Crippen LogP contribution >= 0.6 is 0 Å². The molecular weight excluding hydrogens is 442 g/mol. The van der Waals surface area contributed by atoms with Crippen molar-refractivity contribution in [2.24, 2.45) is 0 Å². The molecule has 0 saturated heterocycles. The lowest BCUT2D eigenvalue weighted by molar-refractivity contribution is -0.124. The number of pyridine rings is 1. The number of aryl methyl sites for hydroxylation is 2. The Labute approximate surface area is 204 Å². The van der Waals surface area contributed by atoms with E-state index in [9.17, 15) is 14.4 Å². The first-order valence-electron chi connectivity index (χ1n) is 11.7. The highest BCUT2D eigenvalue weighted by atomic mass is 16.5. The van der Waals surface area contributed by atoms with Gasteiger partial charge in [-0.3, -0.25) is 14.2 Å². The first-order chi connectivity index (χ1) is 16.5. The molecular formula is C28H31N3O4. The third-order valence-corrected chi connectivity index (χ3v) is 5.99. The SMILES string of the molecule is CCOC(=O)c1[nH]c2c(c1C)c(=O)n(C(C(=O)NC(C)(C)C)c1ccc(C)cc1)c1ccccc21. The molecule has 7 nitrogen and oxygen atoms in total. The Balaban J connectivity index is 2.09. The van der Waals surface area contributed by atoms with Crippen LogP contribution in [0.3, 0.4) is 0 Å². The summed E-state index contributed by atoms with van der Waals surface area (Å²) >= 11 is 0. The molecule has 2 aromatic heterocycles. The summed E-state index contributed by atoms with van der Waals surface area (Å²) < 4.78 is 6.74. The smallest absolute Gasteiger partial charge is 0.355 e. The van der Waals surface area contributed by atoms with Crippen molar-refractivity contribution < 1.29 is 14.3 Å². The molecule has 4 rings (SSSR count). The van der Waals surface area contributed by atoms with Crippen LogP contribution in [0, 0.1) is 13.8 Å². The Hall–Kier alpha value is -3.87. The summed E-state index contributed by atoms with van der Waals surface area (Å²) in [6.07, 6.45) is 0. The topological polar surface area (TPSA) is 93.2 Å². The molecule has 1 amide bonds. The van der Waals surface area contributed by atoms with E-state index in [1.54, 1.807) is 18.4 Å². The van der Waals surface area contributed by atoms with Crippen molar-refractivity contribution in [2.75, 3.05) is 6.61 Å². The summed E-state index contributed by atoms with van der Waals surface area (Å²) in [6.45, 7) is 11.4. The third kappa shape index (κ3) is 4.46. The largest absolute Gasteiger partial charge is 0.461 e. The van der Waals surface area contributed by atoms with Crippen molar-refractivity contribution in [1.82, 2.24) is 14.9 Å². The molecule has 0 aliphatic carbocycles. The maximum atomic E-state index is 14.1. The molecule has 182 valence electrons. The van der Waals surface area contributed by atoms with Crippen LogP contribution in [0.2, 0.25) is 0 Å². The number of para-hydroxylation sites is 1. The molecule has 4 aromatic rings. The Morgan fingerprint density at radius 2 is 1.71 bits per heavy atom. The van der Waals surface area contributed by atoms with E-state index in [1.165, 1.54) is 0 Å². The number of aromatic nitrogens is 2. The zero-order chi connectivity index (χ0) is 25.5. The number of nitrogens with zero attached hydrogens (tertiary/aromatic N) is 1. The molecule has 0 bridgehead atoms. The van der Waals surface area contributed by atoms with E-state index in [4.69, 9.17) is 4.74 Å². The summed E-state index contributed by atoms with van der Waals surface area (Å²) in [7, 11) is 0. The maximum Gasteiger partial charge on any atom is 0.355 e. The lowest BCUT2D eigenvalue weighted by atomic mass is 10.00. The second-order valence-corrected chi connectivity index (χ2v) is 9.84. The van der Waals surface area contributed by atoms with Crippen LogP contribution in [0.4, 0.5) is 0 Å². The molecule has 0 aliphatic rings. The van der Waals surface area contributed by atoms with Gasteiger partial charge in [0.15, 0.2) is 0 Å². The van der Waals surface area contributed by atoms with Crippen molar-refractivity contribution in [2.45, 2.75) is 53.1 Å². The Bertz CT molecular complexity index is 1490. The Morgan fingerprint density at radius 1 is 1.06 bits per heavy atom. The van der Waals surface area contributed by atoms with Gasteiger partial charge in [-0.15, -0.1) is 0 Å². The van der Waals surface area contributed by atoms with E-state index in [1.807, 2.05) is 76.2 Å². The van der Waals surface area contributed by atoms with E-state index in [0.717, 1.165) is 10.9 Å². The van der Waals surface area contributed by atoms with Gasteiger partial charge in [-0.2, -0.15) is 0 Å². The number of rotatable bonds is 5. The number of aromatic amines is 1. The molecule has 2 aromatic carbocycles. The van der Waals surface area contributed by atoms with Crippen molar-refractivity contribution in [3.63, 3.8) is 0 Å². The molecule has 0 aliphatic heterocycles. The van der Waals surface area contributed by atoms with Gasteiger partial charge in [-0.1, -0.05) is 48.0 Å². The number of nitrogens with one attached hydrogen (secondary N) is 2. The number of H-pyrrole nitrogens is 1. The first-order valence-corrected chi connectivity index (χ1v) is 11.7. The van der Waals surface area contributed by atoms with Crippen molar-refractivity contribution in [1.29, 1.82) is 0 Å². The summed E-state index contributed by atoms with van der Waals surface area (Å²) in [4.78, 5) is 43.5. The van der Waals surface area contributed by atoms with Crippen LogP contribution in [0.15, 0.2) is 53.3 Å². The van der Waals surface area contributed by atoms with Crippen LogP contribution in [0.1, 0.15) is 60.9 Å². The van der Waals surface area contributed by atoms with Crippen molar-refractivity contribution >= 4 is 33.7 Å². The number of esters is 1. The second-order valence-electron chi connectivity index (χ2n) is 9.84. The van der Waals surface area contributed by atoms with E-state index in [0.29, 0.717) is 27.5 Å². The molecule has 35 heavy (non-hydrogen) atoms. The number of carbonyl (C=O) groups excluding carboxylic acids is 2. The predicted molar refractivity (Wildman–Crippen MR) is 138 cm³/mol. The molecule has 0 radical (unpaired) electrons. The molecule has 1 atom stereocenters. The number of hydrogen-bond acceptors (Lipinski definition) is 4. The molecule has 2 N–H and O–H groups in total. The monoisotopic (exact) mass is 473 g/mol. The predicted octanol–water partition coefficient (Wildman–Crippen LogP) is 4.78. The average molecular weight is 474 g/mol. The number of fused-ring (bicyclic) bond motifs is 3. The highest BCUT2D eigenvalue weighted by molar-refractivity contribution is 6.09. The van der Waals surface area contributed by atoms with Gasteiger partial charge in [0.2, 0.25) is 5.91 Å². The van der Waals surface area contributed by atoms with Crippen LogP contribution in [-0.4, -0.2) is 33.6 Å². The molecule has 2 heterocycles. The van der Waals surface area contributed by atoms with E-state index in [2.05, 4.69) is 10.3 Å². The van der Waals surface area contributed by atoms with E-state index < -0.39 is 17.6 Å². The maximum absolute atomic E-state index is 14.1. The van der Waals surface area contributed by atoms with Crippen LogP contribution in [0.5, 0.6) is 0 Å². The lowest BCUT2D eigenvalue weighted by Crippen LogP contribution is -2.46. The summed E-state index contributed by atoms with van der Waals surface area (Å²) in [5.41, 5.74) is 2.80. The fourth-order valence-electron chi connectivity index (χ4n) is 4.46. The Morgan fingerprint density at radius 3 is 2.34 bits per heavy atom. The van der Waals surface area contributed by atoms with Crippen molar-refractivity contribution in [3.8, 4) is 0 Å². The molecule has 0 spiro atoms. The van der Waals surface area contributed by atoms with E-state index in [-0.39, 0.29) is 23.8 Å². The minimum Gasteiger partial charge on any atom is -0.461 e. The fraction of sp³-hybridized carbons (Fsp3) is 0.321. The molecule has 0 saturated carbocycles. The van der Waals surface area contributed by atoms with Crippen molar-refractivity contribution in [3.05, 3.63) is 81.3 Å². The Kier molecular flexibility index (Phi) is 6.28. The summed E-state index contributed by atoms with van der Waals surface area (Å²) in [6, 6.07) is 14.1. The second kappa shape index (κ2) is 9.06. The van der Waals surface area contributed by atoms with Gasteiger partial charge in [0, 0.05) is 10.9 Å². The first kappa shape index (κ1) is 24.3. The highest BCUT2D eigenvalue weighted by Gasteiger charge is 2.30. The zero-order valence-electron chi connectivity index (χ0n) is 21.0. The minimum atomic E-state index is -0.906. The number of carbonyl (C=O) groups is 2. The quantitative estimate of drug-likeness (QED) is 0.408. The number of benzene rings is 2. The van der Waals surface area contributed by atoms with Crippen LogP contribution in [0.25, 0.3) is 21.8 Å². The number of ether oxygens (including phenoxy) is 1. The third-order valence-electron chi connectivity index (χ3n) is 5.99. The normalized spacial score (nSPS) is 12.6. The van der Waals surface area contributed by atoms with Gasteiger partial charge in [0.25, 0.3) is 5.56 Å². The van der Waals surface area contributed by atoms with Gasteiger partial charge in [0.1, 0.15) is 11.7 Å². The fourth-order valence-corrected chi connectivity index (χ4v) is 4.46. The van der Waals surface area contributed by atoms with Gasteiger partial charge in [0.05, 0.1) is 23.0 Å². The van der Waals surface area contributed by atoms with Gasteiger partial charge >= 0.3 is 5.97 Å². The minimum absolute atomic E-state index is 0.223. The number of hydrogen-bond donors (Lipinski definition) is 2. The average Bonchev–Trinajstić information content (AvgIpc) is 3.14. The molecule has 0 fully saturated rings. The number of amides is 1.